The maximum atomic E-state index is 2.57. The minimum atomic E-state index is 0.00993. The molecule has 1 aliphatic heterocycles. The first kappa shape index (κ1) is 40.6. The Morgan fingerprint density at radius 3 is 1.20 bits per heavy atom. The fraction of sp³-hybridized carbons (Fsp3) is 0.175. The molecule has 0 radical (unpaired) electrons. The van der Waals surface area contributed by atoms with Crippen molar-refractivity contribution in [2.45, 2.75) is 74.1 Å². The quantitative estimate of drug-likeness (QED) is 0.163. The van der Waals surface area contributed by atoms with E-state index in [1.54, 1.807) is 0 Å². The number of hydrogen-bond acceptors (Lipinski definition) is 2. The van der Waals surface area contributed by atoms with Crippen LogP contribution >= 0.6 is 0 Å². The third kappa shape index (κ3) is 6.78. The molecule has 1 aliphatic rings. The van der Waals surface area contributed by atoms with Crippen LogP contribution in [0.3, 0.4) is 0 Å². The van der Waals surface area contributed by atoms with Gasteiger partial charge in [0.05, 0.1) is 22.7 Å². The zero-order valence-corrected chi connectivity index (χ0v) is 39.2. The molecule has 0 unspecified atom stereocenters. The van der Waals surface area contributed by atoms with Gasteiger partial charge in [0.15, 0.2) is 0 Å². The van der Waals surface area contributed by atoms with Gasteiger partial charge in [0.1, 0.15) is 0 Å². The van der Waals surface area contributed by atoms with Crippen LogP contribution in [0, 0.1) is 41.5 Å². The van der Waals surface area contributed by atoms with Crippen LogP contribution in [0.5, 0.6) is 0 Å². The van der Waals surface area contributed by atoms with Crippen molar-refractivity contribution in [3.63, 3.8) is 0 Å². The SMILES string of the molecule is Cc1ccc(N2c3cc(-c4c(C)cccc4C)ccc3Cc3ccc(-c4c(C)cccc4C)cc3N(c3ccc(C)cc3)c3cc2c2ccc4cc(C(C)(C)C)cc5ccc3c2c45)cc1. The first-order valence-electron chi connectivity index (χ1n) is 23.2. The third-order valence-electron chi connectivity index (χ3n) is 14.2. The molecule has 0 aromatic heterocycles. The van der Waals surface area contributed by atoms with Crippen LogP contribution in [0.25, 0.3) is 54.6 Å². The van der Waals surface area contributed by atoms with Crippen molar-refractivity contribution in [2.75, 3.05) is 9.80 Å². The Kier molecular flexibility index (Phi) is 9.52. The average molecular weight is 841 g/mol. The van der Waals surface area contributed by atoms with E-state index in [1.165, 1.54) is 116 Å². The van der Waals surface area contributed by atoms with Crippen LogP contribution in [0.4, 0.5) is 34.1 Å². The van der Waals surface area contributed by atoms with Crippen molar-refractivity contribution in [1.29, 1.82) is 0 Å². The number of aryl methyl sites for hydroxylation is 6. The standard InChI is InChI=1S/C63H56N2/c1-38-16-26-51(27-17-38)64-55-35-48(59-40(3)12-10-13-41(59)4)22-20-44(55)32-45-21-23-49(60-42(5)14-11-15-43(60)6)36-56(45)65(52-28-18-39(2)19-29-52)58-37-57(64)53-30-24-46-33-50(63(7,8)9)34-47-25-31-54(58)62(53)61(46)47/h10-31,33-37H,32H2,1-9H3. The second-order valence-corrected chi connectivity index (χ2v) is 19.8. The van der Waals surface area contributed by atoms with Gasteiger partial charge in [-0.2, -0.15) is 0 Å². The van der Waals surface area contributed by atoms with E-state index in [9.17, 15) is 0 Å². The summed E-state index contributed by atoms with van der Waals surface area (Å²) >= 11 is 0. The van der Waals surface area contributed by atoms with Gasteiger partial charge in [-0.1, -0.05) is 153 Å². The van der Waals surface area contributed by atoms with Gasteiger partial charge >= 0.3 is 0 Å². The monoisotopic (exact) mass is 840 g/mol. The highest BCUT2D eigenvalue weighted by molar-refractivity contribution is 6.29. The van der Waals surface area contributed by atoms with E-state index in [0.717, 1.165) is 29.2 Å². The first-order chi connectivity index (χ1) is 31.3. The van der Waals surface area contributed by atoms with Crippen LogP contribution in [-0.2, 0) is 11.8 Å². The summed E-state index contributed by atoms with van der Waals surface area (Å²) in [6, 6.07) is 63.0. The maximum absolute atomic E-state index is 2.57. The Hall–Kier alpha value is -7.16. The van der Waals surface area contributed by atoms with Crippen LogP contribution < -0.4 is 9.80 Å². The summed E-state index contributed by atoms with van der Waals surface area (Å²) in [5.41, 5.74) is 23.6. The zero-order valence-electron chi connectivity index (χ0n) is 39.2. The number of benzene rings is 10. The second kappa shape index (κ2) is 15.2. The largest absolute Gasteiger partial charge is 0.309 e. The van der Waals surface area contributed by atoms with Crippen molar-refractivity contribution >= 4 is 66.4 Å². The van der Waals surface area contributed by atoms with E-state index in [0.29, 0.717) is 0 Å². The molecule has 0 amide bonds. The van der Waals surface area contributed by atoms with Gasteiger partial charge in [0.25, 0.3) is 0 Å². The van der Waals surface area contributed by atoms with Gasteiger partial charge in [0.2, 0.25) is 0 Å². The summed E-state index contributed by atoms with van der Waals surface area (Å²) in [5.74, 6) is 0. The Bertz CT molecular complexity index is 3230. The van der Waals surface area contributed by atoms with Crippen LogP contribution in [-0.4, -0.2) is 0 Å². The number of nitrogens with zero attached hydrogens (tertiary/aromatic N) is 2. The molecule has 0 atom stereocenters. The molecule has 0 fully saturated rings. The highest BCUT2D eigenvalue weighted by Gasteiger charge is 2.30. The predicted octanol–water partition coefficient (Wildman–Crippen LogP) is 17.9. The molecule has 65 heavy (non-hydrogen) atoms. The van der Waals surface area contributed by atoms with Crippen molar-refractivity contribution in [3.05, 3.63) is 214 Å². The molecule has 0 saturated heterocycles. The highest BCUT2D eigenvalue weighted by Crippen LogP contribution is 2.53. The molecular formula is C63H56N2. The summed E-state index contributed by atoms with van der Waals surface area (Å²) in [5, 5.41) is 7.64. The minimum Gasteiger partial charge on any atom is -0.309 e. The summed E-state index contributed by atoms with van der Waals surface area (Å²) in [6.45, 7) is 20.3. The van der Waals surface area contributed by atoms with Crippen LogP contribution in [0.2, 0.25) is 0 Å². The Morgan fingerprint density at radius 1 is 0.385 bits per heavy atom. The van der Waals surface area contributed by atoms with Crippen molar-refractivity contribution in [1.82, 2.24) is 0 Å². The molecular weight excluding hydrogens is 785 g/mol. The predicted molar refractivity (Wildman–Crippen MR) is 280 cm³/mol. The number of rotatable bonds is 4. The summed E-state index contributed by atoms with van der Waals surface area (Å²) in [7, 11) is 0. The molecule has 10 aromatic rings. The smallest absolute Gasteiger partial charge is 0.0561 e. The molecule has 0 saturated carbocycles. The molecule has 2 nitrogen and oxygen atoms in total. The Balaban J connectivity index is 1.33. The first-order valence-corrected chi connectivity index (χ1v) is 23.2. The van der Waals surface area contributed by atoms with E-state index >= 15 is 0 Å². The van der Waals surface area contributed by atoms with Crippen LogP contribution in [0.1, 0.15) is 70.8 Å². The lowest BCUT2D eigenvalue weighted by atomic mass is 9.83. The van der Waals surface area contributed by atoms with Gasteiger partial charge in [-0.25, -0.2) is 0 Å². The van der Waals surface area contributed by atoms with E-state index < -0.39 is 0 Å². The second-order valence-electron chi connectivity index (χ2n) is 19.8. The molecule has 318 valence electrons. The topological polar surface area (TPSA) is 6.48 Å². The fourth-order valence-corrected chi connectivity index (χ4v) is 10.8. The highest BCUT2D eigenvalue weighted by atomic mass is 15.2. The van der Waals surface area contributed by atoms with Gasteiger partial charge < -0.3 is 9.80 Å². The molecule has 1 heterocycles. The molecule has 0 N–H and O–H groups in total. The van der Waals surface area contributed by atoms with E-state index in [-0.39, 0.29) is 5.41 Å². The lowest BCUT2D eigenvalue weighted by molar-refractivity contribution is 0.591. The van der Waals surface area contributed by atoms with Crippen molar-refractivity contribution in [3.8, 4) is 22.3 Å². The fourth-order valence-electron chi connectivity index (χ4n) is 10.8. The molecule has 2 bridgehead atoms. The van der Waals surface area contributed by atoms with Gasteiger partial charge in [0, 0.05) is 34.0 Å². The van der Waals surface area contributed by atoms with Crippen LogP contribution in [0.15, 0.2) is 164 Å². The van der Waals surface area contributed by atoms with E-state index in [4.69, 9.17) is 0 Å². The number of anilines is 6. The molecule has 0 spiro atoms. The van der Waals surface area contributed by atoms with Crippen molar-refractivity contribution in [2.24, 2.45) is 0 Å². The molecule has 10 aromatic carbocycles. The lowest BCUT2D eigenvalue weighted by Crippen LogP contribution is -2.19. The number of hydrogen-bond donors (Lipinski definition) is 0. The van der Waals surface area contributed by atoms with Gasteiger partial charge in [-0.3, -0.25) is 0 Å². The maximum Gasteiger partial charge on any atom is 0.0561 e. The number of fused-ring (bicyclic) bond motifs is 6. The van der Waals surface area contributed by atoms with E-state index in [2.05, 4.69) is 236 Å². The summed E-state index contributed by atoms with van der Waals surface area (Å²) < 4.78 is 0. The van der Waals surface area contributed by atoms with Gasteiger partial charge in [-0.15, -0.1) is 0 Å². The normalized spacial score (nSPS) is 12.9. The Morgan fingerprint density at radius 2 is 0.800 bits per heavy atom. The average Bonchev–Trinajstić information content (AvgIpc) is 3.28. The van der Waals surface area contributed by atoms with Gasteiger partial charge in [-0.05, 0) is 167 Å². The third-order valence-corrected chi connectivity index (χ3v) is 14.2. The van der Waals surface area contributed by atoms with Crippen molar-refractivity contribution < 1.29 is 0 Å². The Labute approximate surface area is 384 Å². The molecule has 2 heteroatoms. The molecule has 0 aliphatic carbocycles. The summed E-state index contributed by atoms with van der Waals surface area (Å²) in [4.78, 5) is 5.15. The van der Waals surface area contributed by atoms with E-state index in [1.807, 2.05) is 0 Å². The summed E-state index contributed by atoms with van der Waals surface area (Å²) in [6.07, 6.45) is 0.742. The zero-order chi connectivity index (χ0) is 44.9. The molecule has 11 rings (SSSR count). The minimum absolute atomic E-state index is 0.00993. The lowest BCUT2D eigenvalue weighted by Gasteiger charge is -2.36.